The summed E-state index contributed by atoms with van der Waals surface area (Å²) in [5.41, 5.74) is 6.23. The van der Waals surface area contributed by atoms with Gasteiger partial charge in [-0.05, 0) is 35.7 Å². The molecule has 0 unspecified atom stereocenters. The molecule has 0 aliphatic carbocycles. The zero-order valence-electron chi connectivity index (χ0n) is 12.5. The molecule has 3 aromatic rings. The Kier molecular flexibility index (Phi) is 3.98. The van der Waals surface area contributed by atoms with Gasteiger partial charge in [0, 0.05) is 17.3 Å². The van der Waals surface area contributed by atoms with Crippen LogP contribution in [0.15, 0.2) is 66.9 Å². The third kappa shape index (κ3) is 2.89. The van der Waals surface area contributed by atoms with E-state index in [0.29, 0.717) is 5.56 Å². The van der Waals surface area contributed by atoms with Crippen LogP contribution >= 0.6 is 0 Å². The van der Waals surface area contributed by atoms with Gasteiger partial charge < -0.3 is 0 Å². The van der Waals surface area contributed by atoms with E-state index >= 15 is 0 Å². The van der Waals surface area contributed by atoms with Crippen LogP contribution in [0, 0.1) is 11.3 Å². The predicted molar refractivity (Wildman–Crippen MR) is 89.2 cm³/mol. The number of pyridine rings is 1. The summed E-state index contributed by atoms with van der Waals surface area (Å²) in [5, 5.41) is 8.83. The fraction of sp³-hybridized carbons (Fsp3) is 0.100. The average molecular weight is 284 g/mol. The van der Waals surface area contributed by atoms with Crippen LogP contribution in [-0.2, 0) is 6.42 Å². The van der Waals surface area contributed by atoms with Crippen molar-refractivity contribution < 1.29 is 0 Å². The molecule has 2 aromatic carbocycles. The summed E-state index contributed by atoms with van der Waals surface area (Å²) >= 11 is 0. The van der Waals surface area contributed by atoms with E-state index in [1.807, 2.05) is 36.5 Å². The molecule has 1 heterocycles. The predicted octanol–water partition coefficient (Wildman–Crippen LogP) is 4.85. The van der Waals surface area contributed by atoms with Crippen LogP contribution in [0.1, 0.15) is 18.1 Å². The van der Waals surface area contributed by atoms with Crippen molar-refractivity contribution in [2.75, 3.05) is 0 Å². The normalized spacial score (nSPS) is 10.2. The van der Waals surface area contributed by atoms with Crippen LogP contribution in [0.4, 0.5) is 0 Å². The van der Waals surface area contributed by atoms with Crippen molar-refractivity contribution in [3.05, 3.63) is 78.0 Å². The molecule has 22 heavy (non-hydrogen) atoms. The second-order valence-electron chi connectivity index (χ2n) is 5.17. The van der Waals surface area contributed by atoms with E-state index in [-0.39, 0.29) is 0 Å². The van der Waals surface area contributed by atoms with Gasteiger partial charge in [-0.1, -0.05) is 49.4 Å². The summed E-state index contributed by atoms with van der Waals surface area (Å²) in [6.45, 7) is 2.16. The lowest BCUT2D eigenvalue weighted by Gasteiger charge is -2.05. The van der Waals surface area contributed by atoms with Crippen LogP contribution < -0.4 is 0 Å². The van der Waals surface area contributed by atoms with Gasteiger partial charge in [0.2, 0.25) is 0 Å². The van der Waals surface area contributed by atoms with Gasteiger partial charge in [-0.25, -0.2) is 0 Å². The fourth-order valence-corrected chi connectivity index (χ4v) is 2.38. The highest BCUT2D eigenvalue weighted by atomic mass is 14.7. The van der Waals surface area contributed by atoms with Crippen molar-refractivity contribution in [2.24, 2.45) is 0 Å². The second kappa shape index (κ2) is 6.24. The lowest BCUT2D eigenvalue weighted by Crippen LogP contribution is -1.86. The molecule has 0 fully saturated rings. The maximum Gasteiger partial charge on any atom is 0.0991 e. The zero-order valence-corrected chi connectivity index (χ0v) is 12.5. The molecule has 106 valence electrons. The van der Waals surface area contributed by atoms with Gasteiger partial charge in [0.1, 0.15) is 0 Å². The Morgan fingerprint density at radius 1 is 0.818 bits per heavy atom. The topological polar surface area (TPSA) is 36.7 Å². The Balaban J connectivity index is 1.86. The lowest BCUT2D eigenvalue weighted by atomic mass is 10.0. The van der Waals surface area contributed by atoms with Gasteiger partial charge in [0.05, 0.1) is 17.3 Å². The molecule has 0 saturated heterocycles. The Hall–Kier alpha value is -2.92. The van der Waals surface area contributed by atoms with E-state index in [1.165, 1.54) is 11.1 Å². The average Bonchev–Trinajstić information content (AvgIpc) is 2.62. The number of nitrogens with zero attached hydrogens (tertiary/aromatic N) is 2. The number of benzene rings is 2. The van der Waals surface area contributed by atoms with Crippen LogP contribution in [0.3, 0.4) is 0 Å². The zero-order chi connectivity index (χ0) is 15.4. The van der Waals surface area contributed by atoms with Gasteiger partial charge in [-0.3, -0.25) is 4.98 Å². The number of aryl methyl sites for hydroxylation is 1. The van der Waals surface area contributed by atoms with E-state index in [9.17, 15) is 0 Å². The summed E-state index contributed by atoms with van der Waals surface area (Å²) in [6, 6.07) is 22.3. The Labute approximate surface area is 130 Å². The number of nitriles is 1. The molecule has 0 amide bonds. The number of hydrogen-bond donors (Lipinski definition) is 0. The van der Waals surface area contributed by atoms with E-state index in [2.05, 4.69) is 48.3 Å². The maximum absolute atomic E-state index is 8.83. The van der Waals surface area contributed by atoms with Crippen molar-refractivity contribution in [3.8, 4) is 28.5 Å². The molecule has 0 radical (unpaired) electrons. The van der Waals surface area contributed by atoms with E-state index in [4.69, 9.17) is 5.26 Å². The molecule has 2 heteroatoms. The first-order chi connectivity index (χ1) is 10.8. The van der Waals surface area contributed by atoms with Crippen LogP contribution in [0.2, 0.25) is 0 Å². The van der Waals surface area contributed by atoms with Crippen molar-refractivity contribution in [3.63, 3.8) is 0 Å². The molecule has 3 rings (SSSR count). The molecular weight excluding hydrogens is 268 g/mol. The first-order valence-electron chi connectivity index (χ1n) is 7.36. The van der Waals surface area contributed by atoms with Crippen LogP contribution in [0.5, 0.6) is 0 Å². The van der Waals surface area contributed by atoms with Crippen LogP contribution in [0.25, 0.3) is 22.4 Å². The van der Waals surface area contributed by atoms with E-state index in [0.717, 1.165) is 23.2 Å². The van der Waals surface area contributed by atoms with Gasteiger partial charge in [-0.2, -0.15) is 5.26 Å². The molecule has 0 atom stereocenters. The first-order valence-corrected chi connectivity index (χ1v) is 7.36. The molecule has 0 N–H and O–H groups in total. The third-order valence-electron chi connectivity index (χ3n) is 3.77. The van der Waals surface area contributed by atoms with Crippen molar-refractivity contribution in [2.45, 2.75) is 13.3 Å². The van der Waals surface area contributed by atoms with Gasteiger partial charge >= 0.3 is 0 Å². The van der Waals surface area contributed by atoms with Crippen molar-refractivity contribution in [1.82, 2.24) is 4.98 Å². The van der Waals surface area contributed by atoms with Gasteiger partial charge in [-0.15, -0.1) is 0 Å². The first kappa shape index (κ1) is 14.0. The highest BCUT2D eigenvalue weighted by Gasteiger charge is 2.02. The molecule has 0 bridgehead atoms. The Morgan fingerprint density at radius 2 is 1.45 bits per heavy atom. The summed E-state index contributed by atoms with van der Waals surface area (Å²) < 4.78 is 0. The van der Waals surface area contributed by atoms with Crippen molar-refractivity contribution in [1.29, 1.82) is 5.26 Å². The minimum absolute atomic E-state index is 0.663. The number of hydrogen-bond acceptors (Lipinski definition) is 2. The number of rotatable bonds is 3. The minimum atomic E-state index is 0.663. The van der Waals surface area contributed by atoms with Gasteiger partial charge in [0.25, 0.3) is 0 Å². The summed E-state index contributed by atoms with van der Waals surface area (Å²) in [6.07, 6.45) is 2.95. The second-order valence-corrected chi connectivity index (χ2v) is 5.17. The van der Waals surface area contributed by atoms with Crippen LogP contribution in [-0.4, -0.2) is 4.98 Å². The SMILES string of the molecule is CCc1ccc(-c2ccc(-c3ccc(C#N)cc3)nc2)cc1. The van der Waals surface area contributed by atoms with Gasteiger partial charge in [0.15, 0.2) is 0 Å². The molecule has 1 aromatic heterocycles. The molecule has 0 aliphatic heterocycles. The summed E-state index contributed by atoms with van der Waals surface area (Å²) in [5.74, 6) is 0. The molecular formula is C20H16N2. The molecule has 0 aliphatic rings. The Morgan fingerprint density at radius 3 is 2.00 bits per heavy atom. The number of aromatic nitrogens is 1. The molecule has 0 saturated carbocycles. The molecule has 2 nitrogen and oxygen atoms in total. The summed E-state index contributed by atoms with van der Waals surface area (Å²) in [4.78, 5) is 4.54. The monoisotopic (exact) mass is 284 g/mol. The highest BCUT2D eigenvalue weighted by Crippen LogP contribution is 2.23. The quantitative estimate of drug-likeness (QED) is 0.689. The standard InChI is InChI=1S/C20H16N2/c1-2-15-3-7-17(8-4-15)19-11-12-20(22-14-19)18-9-5-16(13-21)6-10-18/h3-12,14H,2H2,1H3. The lowest BCUT2D eigenvalue weighted by molar-refractivity contribution is 1.14. The smallest absolute Gasteiger partial charge is 0.0991 e. The minimum Gasteiger partial charge on any atom is -0.256 e. The van der Waals surface area contributed by atoms with Crippen molar-refractivity contribution >= 4 is 0 Å². The van der Waals surface area contributed by atoms with E-state index < -0.39 is 0 Å². The highest BCUT2D eigenvalue weighted by molar-refractivity contribution is 5.67. The van der Waals surface area contributed by atoms with E-state index in [1.54, 1.807) is 0 Å². The fourth-order valence-electron chi connectivity index (χ4n) is 2.38. The summed E-state index contributed by atoms with van der Waals surface area (Å²) in [7, 11) is 0. The third-order valence-corrected chi connectivity index (χ3v) is 3.77. The largest absolute Gasteiger partial charge is 0.256 e. The Bertz CT molecular complexity index is 792. The molecule has 0 spiro atoms. The maximum atomic E-state index is 8.83.